The number of carbonyl (C=O) groups excluding carboxylic acids is 2. The number of carbonyl (C=O) groups is 2. The van der Waals surface area contributed by atoms with Crippen molar-refractivity contribution in [2.45, 2.75) is 19.8 Å². The second kappa shape index (κ2) is 9.96. The molecule has 154 valence electrons. The maximum atomic E-state index is 12.7. The van der Waals surface area contributed by atoms with Gasteiger partial charge in [0.15, 0.2) is 11.5 Å². The fraction of sp³-hybridized carbons (Fsp3) is 0.391. The van der Waals surface area contributed by atoms with Crippen LogP contribution in [0.1, 0.15) is 29.3 Å². The number of hydrogen-bond acceptors (Lipinski definition) is 4. The van der Waals surface area contributed by atoms with Crippen molar-refractivity contribution in [3.63, 3.8) is 0 Å². The Balaban J connectivity index is 1.44. The molecule has 1 aliphatic heterocycles. The Morgan fingerprint density at radius 2 is 1.52 bits per heavy atom. The van der Waals surface area contributed by atoms with Crippen molar-refractivity contribution < 1.29 is 19.1 Å². The summed E-state index contributed by atoms with van der Waals surface area (Å²) >= 11 is 0. The number of benzene rings is 2. The number of nitrogens with zero attached hydrogens (tertiary/aromatic N) is 2. The van der Waals surface area contributed by atoms with Gasteiger partial charge in [0.25, 0.3) is 5.91 Å². The van der Waals surface area contributed by atoms with Gasteiger partial charge in [-0.05, 0) is 36.2 Å². The second-order valence-electron chi connectivity index (χ2n) is 6.97. The van der Waals surface area contributed by atoms with Gasteiger partial charge in [-0.2, -0.15) is 0 Å². The van der Waals surface area contributed by atoms with Crippen LogP contribution in [0.15, 0.2) is 48.5 Å². The van der Waals surface area contributed by atoms with E-state index in [1.54, 1.807) is 12.0 Å². The van der Waals surface area contributed by atoms with Gasteiger partial charge in [-0.3, -0.25) is 9.59 Å². The fourth-order valence-electron chi connectivity index (χ4n) is 3.37. The number of rotatable bonds is 7. The van der Waals surface area contributed by atoms with Crippen molar-refractivity contribution in [3.8, 4) is 11.5 Å². The molecular formula is C23H28N2O4. The third-order valence-electron chi connectivity index (χ3n) is 5.17. The Morgan fingerprint density at radius 1 is 0.897 bits per heavy atom. The van der Waals surface area contributed by atoms with Gasteiger partial charge in [0.2, 0.25) is 5.91 Å². The van der Waals surface area contributed by atoms with Gasteiger partial charge in [0, 0.05) is 31.7 Å². The number of amides is 2. The molecule has 1 heterocycles. The first-order chi connectivity index (χ1) is 14.1. The lowest BCUT2D eigenvalue weighted by Crippen LogP contribution is -2.50. The molecular weight excluding hydrogens is 368 g/mol. The molecule has 0 spiro atoms. The number of hydrogen-bond donors (Lipinski definition) is 0. The minimum absolute atomic E-state index is 0.0271. The van der Waals surface area contributed by atoms with Gasteiger partial charge < -0.3 is 19.3 Å². The summed E-state index contributed by atoms with van der Waals surface area (Å²) in [6.07, 6.45) is 1.25. The minimum Gasteiger partial charge on any atom is -0.493 e. The molecule has 0 bridgehead atoms. The molecule has 2 aromatic carbocycles. The lowest BCUT2D eigenvalue weighted by atomic mass is 10.1. The van der Waals surface area contributed by atoms with Crippen LogP contribution in [0.3, 0.4) is 0 Å². The van der Waals surface area contributed by atoms with Crippen molar-refractivity contribution in [2.75, 3.05) is 39.9 Å². The van der Waals surface area contributed by atoms with Crippen molar-refractivity contribution in [1.29, 1.82) is 0 Å². The Hall–Kier alpha value is -3.02. The van der Waals surface area contributed by atoms with Crippen molar-refractivity contribution >= 4 is 11.8 Å². The van der Waals surface area contributed by atoms with Crippen LogP contribution in [-0.4, -0.2) is 61.5 Å². The largest absolute Gasteiger partial charge is 0.493 e. The predicted molar refractivity (Wildman–Crippen MR) is 111 cm³/mol. The zero-order chi connectivity index (χ0) is 20.6. The van der Waals surface area contributed by atoms with Crippen LogP contribution >= 0.6 is 0 Å². The maximum absolute atomic E-state index is 12.7. The number of ether oxygens (including phenoxy) is 2. The number of para-hydroxylation sites is 2. The molecule has 0 unspecified atom stereocenters. The zero-order valence-electron chi connectivity index (χ0n) is 17.1. The quantitative estimate of drug-likeness (QED) is 0.722. The van der Waals surface area contributed by atoms with Crippen LogP contribution in [-0.2, 0) is 11.2 Å². The van der Waals surface area contributed by atoms with Crippen molar-refractivity contribution in [2.24, 2.45) is 0 Å². The Kier molecular flexibility index (Phi) is 7.11. The van der Waals surface area contributed by atoms with Crippen LogP contribution in [0.25, 0.3) is 0 Å². The lowest BCUT2D eigenvalue weighted by molar-refractivity contribution is -0.133. The first kappa shape index (κ1) is 20.7. The second-order valence-corrected chi connectivity index (χ2v) is 6.97. The van der Waals surface area contributed by atoms with E-state index in [0.717, 1.165) is 6.42 Å². The average Bonchev–Trinajstić information content (AvgIpc) is 2.79. The minimum atomic E-state index is 0.0271. The first-order valence-corrected chi connectivity index (χ1v) is 10.0. The standard InChI is InChI=1S/C23H28N2O4/c1-3-18-8-10-19(11-9-18)23(27)25-15-13-24(14-16-25)22(26)12-17-29-21-7-5-4-6-20(21)28-2/h4-11H,3,12-17H2,1-2H3. The van der Waals surface area contributed by atoms with Gasteiger partial charge in [0.05, 0.1) is 20.1 Å². The van der Waals surface area contributed by atoms with Crippen LogP contribution in [0.4, 0.5) is 0 Å². The van der Waals surface area contributed by atoms with Crippen LogP contribution in [0, 0.1) is 0 Å². The molecule has 1 fully saturated rings. The fourth-order valence-corrected chi connectivity index (χ4v) is 3.37. The van der Waals surface area contributed by atoms with E-state index in [4.69, 9.17) is 9.47 Å². The molecule has 2 aromatic rings. The van der Waals surface area contributed by atoms with E-state index in [0.29, 0.717) is 56.3 Å². The Bertz CT molecular complexity index is 827. The monoisotopic (exact) mass is 396 g/mol. The molecule has 6 nitrogen and oxygen atoms in total. The number of aryl methyl sites for hydroxylation is 1. The summed E-state index contributed by atoms with van der Waals surface area (Å²) < 4.78 is 10.9. The molecule has 6 heteroatoms. The molecule has 0 atom stereocenters. The highest BCUT2D eigenvalue weighted by Gasteiger charge is 2.24. The van der Waals surface area contributed by atoms with Gasteiger partial charge in [-0.1, -0.05) is 31.2 Å². The number of methoxy groups -OCH3 is 1. The predicted octanol–water partition coefficient (Wildman–Crippen LogP) is 3.01. The van der Waals surface area contributed by atoms with E-state index in [1.165, 1.54) is 5.56 Å². The topological polar surface area (TPSA) is 59.1 Å². The number of piperazine rings is 1. The molecule has 0 radical (unpaired) electrons. The summed E-state index contributed by atoms with van der Waals surface area (Å²) in [7, 11) is 1.59. The summed E-state index contributed by atoms with van der Waals surface area (Å²) in [4.78, 5) is 28.7. The highest BCUT2D eigenvalue weighted by molar-refractivity contribution is 5.94. The molecule has 0 N–H and O–H groups in total. The molecule has 0 saturated carbocycles. The molecule has 2 amide bonds. The summed E-state index contributed by atoms with van der Waals surface area (Å²) in [5.74, 6) is 1.35. The van der Waals surface area contributed by atoms with Crippen LogP contribution < -0.4 is 9.47 Å². The molecule has 1 saturated heterocycles. The van der Waals surface area contributed by atoms with Crippen molar-refractivity contribution in [1.82, 2.24) is 9.80 Å². The molecule has 3 rings (SSSR count). The summed E-state index contributed by atoms with van der Waals surface area (Å²) in [6, 6.07) is 15.1. The van der Waals surface area contributed by atoms with Crippen LogP contribution in [0.2, 0.25) is 0 Å². The van der Waals surface area contributed by atoms with E-state index in [2.05, 4.69) is 6.92 Å². The average molecular weight is 396 g/mol. The summed E-state index contributed by atoms with van der Waals surface area (Å²) in [6.45, 7) is 4.58. The molecule has 0 aromatic heterocycles. The highest BCUT2D eigenvalue weighted by atomic mass is 16.5. The maximum Gasteiger partial charge on any atom is 0.253 e. The Labute approximate surface area is 172 Å². The summed E-state index contributed by atoms with van der Waals surface area (Å²) in [5, 5.41) is 0. The third kappa shape index (κ3) is 5.28. The van der Waals surface area contributed by atoms with E-state index in [1.807, 2.05) is 53.4 Å². The normalized spacial score (nSPS) is 13.9. The first-order valence-electron chi connectivity index (χ1n) is 10.0. The third-order valence-corrected chi connectivity index (χ3v) is 5.17. The zero-order valence-corrected chi connectivity index (χ0v) is 17.1. The molecule has 0 aliphatic carbocycles. The smallest absolute Gasteiger partial charge is 0.253 e. The van der Waals surface area contributed by atoms with Gasteiger partial charge in [0.1, 0.15) is 0 Å². The SMILES string of the molecule is CCc1ccc(C(=O)N2CCN(C(=O)CCOc3ccccc3OC)CC2)cc1. The van der Waals surface area contributed by atoms with Gasteiger partial charge >= 0.3 is 0 Å². The molecule has 29 heavy (non-hydrogen) atoms. The van der Waals surface area contributed by atoms with E-state index < -0.39 is 0 Å². The van der Waals surface area contributed by atoms with E-state index in [-0.39, 0.29) is 11.8 Å². The Morgan fingerprint density at radius 3 is 2.14 bits per heavy atom. The molecule has 1 aliphatic rings. The van der Waals surface area contributed by atoms with E-state index >= 15 is 0 Å². The van der Waals surface area contributed by atoms with Crippen LogP contribution in [0.5, 0.6) is 11.5 Å². The van der Waals surface area contributed by atoms with Crippen molar-refractivity contribution in [3.05, 3.63) is 59.7 Å². The van der Waals surface area contributed by atoms with Gasteiger partial charge in [-0.15, -0.1) is 0 Å². The van der Waals surface area contributed by atoms with E-state index in [9.17, 15) is 9.59 Å². The van der Waals surface area contributed by atoms with Gasteiger partial charge in [-0.25, -0.2) is 0 Å². The summed E-state index contributed by atoms with van der Waals surface area (Å²) in [5.41, 5.74) is 1.92. The lowest BCUT2D eigenvalue weighted by Gasteiger charge is -2.35. The highest BCUT2D eigenvalue weighted by Crippen LogP contribution is 2.25.